The average Bonchev–Trinajstić information content (AvgIpc) is 2.50. The summed E-state index contributed by atoms with van der Waals surface area (Å²) in [5.74, 6) is -0.282. The van der Waals surface area contributed by atoms with Gasteiger partial charge in [-0.25, -0.2) is 4.79 Å². The zero-order valence-electron chi connectivity index (χ0n) is 5.33. The van der Waals surface area contributed by atoms with Crippen LogP contribution < -0.4 is 0 Å². The van der Waals surface area contributed by atoms with E-state index in [1.54, 1.807) is 18.1 Å². The van der Waals surface area contributed by atoms with Gasteiger partial charge in [-0.3, -0.25) is 0 Å². The molecule has 0 radical (unpaired) electrons. The monoisotopic (exact) mass is 127 g/mol. The van der Waals surface area contributed by atoms with E-state index in [1.165, 1.54) is 6.08 Å². The van der Waals surface area contributed by atoms with E-state index in [0.29, 0.717) is 0 Å². The lowest BCUT2D eigenvalue weighted by Crippen LogP contribution is -2.05. The van der Waals surface area contributed by atoms with Gasteiger partial charge in [-0.2, -0.15) is 0 Å². The second kappa shape index (κ2) is 2.64. The fourth-order valence-corrected chi connectivity index (χ4v) is 0.426. The van der Waals surface area contributed by atoms with Gasteiger partial charge in [0.25, 0.3) is 0 Å². The Labute approximate surface area is 53.9 Å². The molecule has 0 spiro atoms. The fourth-order valence-electron chi connectivity index (χ4n) is 0.426. The Morgan fingerprint density at radius 1 is 1.67 bits per heavy atom. The number of carbonyl (C=O) groups is 1. The molecule has 3 nitrogen and oxygen atoms in total. The molecule has 0 aliphatic carbocycles. The Hall–Kier alpha value is -0.830. The van der Waals surface area contributed by atoms with Crippen LogP contribution in [-0.2, 0) is 9.63 Å². The molecule has 0 aromatic rings. The van der Waals surface area contributed by atoms with Crippen LogP contribution in [0.3, 0.4) is 0 Å². The molecular formula is C6H9NO2. The van der Waals surface area contributed by atoms with Crippen LogP contribution in [0.1, 0.15) is 6.92 Å². The Morgan fingerprint density at radius 2 is 2.33 bits per heavy atom. The van der Waals surface area contributed by atoms with Gasteiger partial charge < -0.3 is 4.84 Å². The van der Waals surface area contributed by atoms with Crippen molar-refractivity contribution in [3.8, 4) is 0 Å². The van der Waals surface area contributed by atoms with Crippen LogP contribution in [0, 0.1) is 0 Å². The Bertz CT molecular complexity index is 138. The van der Waals surface area contributed by atoms with Gasteiger partial charge in [0.05, 0.1) is 13.1 Å². The summed E-state index contributed by atoms with van der Waals surface area (Å²) in [6, 6.07) is 0. The molecular weight excluding hydrogens is 118 g/mol. The van der Waals surface area contributed by atoms with Gasteiger partial charge in [-0.1, -0.05) is 6.08 Å². The molecule has 50 valence electrons. The first kappa shape index (κ1) is 6.29. The normalized spacial score (nSPS) is 18.3. The highest BCUT2D eigenvalue weighted by Gasteiger charge is 2.20. The minimum atomic E-state index is -0.282. The maximum atomic E-state index is 10.5. The van der Waals surface area contributed by atoms with Crippen molar-refractivity contribution >= 4 is 5.97 Å². The molecule has 0 atom stereocenters. The van der Waals surface area contributed by atoms with Crippen LogP contribution in [0.4, 0.5) is 0 Å². The van der Waals surface area contributed by atoms with E-state index < -0.39 is 0 Å². The van der Waals surface area contributed by atoms with Crippen molar-refractivity contribution in [2.75, 3.05) is 13.1 Å². The van der Waals surface area contributed by atoms with Gasteiger partial charge in [0, 0.05) is 6.08 Å². The van der Waals surface area contributed by atoms with E-state index in [1.807, 2.05) is 0 Å². The standard InChI is InChI=1S/C6H9NO2/c1-2-3-6(8)9-7-4-5-7/h2-3H,4-5H2,1H3. The third-order valence-electron chi connectivity index (χ3n) is 0.928. The molecule has 1 aliphatic heterocycles. The minimum absolute atomic E-state index is 0.282. The van der Waals surface area contributed by atoms with Gasteiger partial charge in [0.2, 0.25) is 0 Å². The summed E-state index contributed by atoms with van der Waals surface area (Å²) < 4.78 is 0. The maximum absolute atomic E-state index is 10.5. The average molecular weight is 127 g/mol. The molecule has 0 aromatic carbocycles. The summed E-state index contributed by atoms with van der Waals surface area (Å²) in [4.78, 5) is 15.3. The van der Waals surface area contributed by atoms with Crippen molar-refractivity contribution in [1.82, 2.24) is 5.06 Å². The van der Waals surface area contributed by atoms with Crippen LogP contribution in [0.5, 0.6) is 0 Å². The van der Waals surface area contributed by atoms with Gasteiger partial charge in [-0.15, -0.1) is 5.06 Å². The summed E-state index contributed by atoms with van der Waals surface area (Å²) in [7, 11) is 0. The first-order chi connectivity index (χ1) is 4.33. The summed E-state index contributed by atoms with van der Waals surface area (Å²) in [6.45, 7) is 3.54. The minimum Gasteiger partial charge on any atom is -0.364 e. The molecule has 0 bridgehead atoms. The van der Waals surface area contributed by atoms with Crippen molar-refractivity contribution < 1.29 is 9.63 Å². The van der Waals surface area contributed by atoms with Gasteiger partial charge in [0.1, 0.15) is 0 Å². The van der Waals surface area contributed by atoms with Crippen LogP contribution in [0.2, 0.25) is 0 Å². The first-order valence-corrected chi connectivity index (χ1v) is 2.92. The molecule has 1 aliphatic rings. The lowest BCUT2D eigenvalue weighted by Gasteiger charge is -1.95. The molecule has 3 heteroatoms. The van der Waals surface area contributed by atoms with E-state index >= 15 is 0 Å². The second-order valence-corrected chi connectivity index (χ2v) is 1.84. The molecule has 1 saturated heterocycles. The number of hydroxylamine groups is 2. The van der Waals surface area contributed by atoms with Gasteiger partial charge >= 0.3 is 5.97 Å². The molecule has 1 heterocycles. The third kappa shape index (κ3) is 2.28. The smallest absolute Gasteiger partial charge is 0.349 e. The van der Waals surface area contributed by atoms with Crippen molar-refractivity contribution in [2.24, 2.45) is 0 Å². The molecule has 0 unspecified atom stereocenters. The number of hydrogen-bond acceptors (Lipinski definition) is 3. The van der Waals surface area contributed by atoms with E-state index in [4.69, 9.17) is 4.84 Å². The van der Waals surface area contributed by atoms with Crippen LogP contribution in [0.25, 0.3) is 0 Å². The molecule has 1 rings (SSSR count). The number of rotatable bonds is 2. The quantitative estimate of drug-likeness (QED) is 0.395. The molecule has 9 heavy (non-hydrogen) atoms. The summed E-state index contributed by atoms with van der Waals surface area (Å²) in [5, 5.41) is 1.60. The van der Waals surface area contributed by atoms with Crippen molar-refractivity contribution in [1.29, 1.82) is 0 Å². The van der Waals surface area contributed by atoms with E-state index in [0.717, 1.165) is 13.1 Å². The lowest BCUT2D eigenvalue weighted by atomic mass is 10.5. The number of allylic oxidation sites excluding steroid dienone is 1. The van der Waals surface area contributed by atoms with Crippen LogP contribution in [-0.4, -0.2) is 24.1 Å². The van der Waals surface area contributed by atoms with E-state index in [2.05, 4.69) is 0 Å². The number of carbonyl (C=O) groups excluding carboxylic acids is 1. The van der Waals surface area contributed by atoms with Crippen molar-refractivity contribution in [2.45, 2.75) is 6.92 Å². The second-order valence-electron chi connectivity index (χ2n) is 1.84. The fraction of sp³-hybridized carbons (Fsp3) is 0.500. The Balaban J connectivity index is 2.17. The van der Waals surface area contributed by atoms with Crippen molar-refractivity contribution in [3.05, 3.63) is 12.2 Å². The van der Waals surface area contributed by atoms with Gasteiger partial charge in [0.15, 0.2) is 0 Å². The first-order valence-electron chi connectivity index (χ1n) is 2.92. The summed E-state index contributed by atoms with van der Waals surface area (Å²) >= 11 is 0. The molecule has 0 N–H and O–H groups in total. The zero-order chi connectivity index (χ0) is 6.69. The topological polar surface area (TPSA) is 29.3 Å². The van der Waals surface area contributed by atoms with E-state index in [9.17, 15) is 4.79 Å². The third-order valence-corrected chi connectivity index (χ3v) is 0.928. The number of nitrogens with zero attached hydrogens (tertiary/aromatic N) is 1. The van der Waals surface area contributed by atoms with Crippen molar-refractivity contribution in [3.63, 3.8) is 0 Å². The predicted octanol–water partition coefficient (Wildman–Crippen LogP) is 0.336. The molecule has 0 aromatic heterocycles. The maximum Gasteiger partial charge on any atom is 0.349 e. The molecule has 1 fully saturated rings. The molecule has 0 saturated carbocycles. The SMILES string of the molecule is CC=CC(=O)ON1CC1. The summed E-state index contributed by atoms with van der Waals surface area (Å²) in [5.41, 5.74) is 0. The Morgan fingerprint density at radius 3 is 2.78 bits per heavy atom. The lowest BCUT2D eigenvalue weighted by molar-refractivity contribution is -0.159. The highest BCUT2D eigenvalue weighted by atomic mass is 16.7. The zero-order valence-corrected chi connectivity index (χ0v) is 5.33. The van der Waals surface area contributed by atoms with Crippen LogP contribution in [0.15, 0.2) is 12.2 Å². The Kier molecular flexibility index (Phi) is 1.85. The largest absolute Gasteiger partial charge is 0.364 e. The highest BCUT2D eigenvalue weighted by Crippen LogP contribution is 2.03. The number of hydrogen-bond donors (Lipinski definition) is 0. The van der Waals surface area contributed by atoms with E-state index in [-0.39, 0.29) is 5.97 Å². The van der Waals surface area contributed by atoms with Gasteiger partial charge in [-0.05, 0) is 6.92 Å². The summed E-state index contributed by atoms with van der Waals surface area (Å²) in [6.07, 6.45) is 3.06. The molecule has 0 amide bonds. The predicted molar refractivity (Wildman–Crippen MR) is 32.5 cm³/mol. The highest BCUT2D eigenvalue weighted by molar-refractivity contribution is 5.81. The van der Waals surface area contributed by atoms with Crippen LogP contribution >= 0.6 is 0 Å².